The summed E-state index contributed by atoms with van der Waals surface area (Å²) in [6.45, 7) is 0.412. The number of aliphatic carboxylic acids is 2. The molecule has 8 nitrogen and oxygen atoms in total. The van der Waals surface area contributed by atoms with Crippen LogP contribution in [0.25, 0.3) is 0 Å². The lowest BCUT2D eigenvalue weighted by atomic mass is 10.1. The van der Waals surface area contributed by atoms with Crippen molar-refractivity contribution in [2.24, 2.45) is 0 Å². The molecule has 10 heteroatoms. The van der Waals surface area contributed by atoms with E-state index in [1.54, 1.807) is 22.8 Å². The minimum Gasteiger partial charge on any atom is -0.497 e. The summed E-state index contributed by atoms with van der Waals surface area (Å²) in [4.78, 5) is 24.9. The lowest BCUT2D eigenvalue weighted by molar-refractivity contribution is -0.138. The molecular weight excluding hydrogens is 500 g/mol. The smallest absolute Gasteiger partial charge is 0.318 e. The zero-order chi connectivity index (χ0) is 25.9. The number of rotatable bonds is 14. The number of hydrogen-bond acceptors (Lipinski definition) is 8. The summed E-state index contributed by atoms with van der Waals surface area (Å²) in [5.41, 5.74) is 1.84. The van der Waals surface area contributed by atoms with Crippen LogP contribution in [0.15, 0.2) is 82.6 Å². The minimum absolute atomic E-state index is 0.162. The Balaban J connectivity index is 1.78. The minimum atomic E-state index is -0.934. The highest BCUT2D eigenvalue weighted by Gasteiger charge is 2.18. The molecule has 2 N–H and O–H groups in total. The van der Waals surface area contributed by atoms with Gasteiger partial charge in [-0.3, -0.25) is 9.59 Å². The standard InChI is InChI=1S/C26H28N2O6S2/c1-33-21-7-11-23(12-8-21)35-27(17-25(29)30)15-19-5-3-4-6-20(19)16-28(18-26(31)32)36-24-13-9-22(34-2)10-14-24/h3-14H,15-18H2,1-2H3,(H,29,30)(H,31,32). The zero-order valence-electron chi connectivity index (χ0n) is 20.0. The molecule has 0 aliphatic rings. The Hall–Kier alpha value is -3.18. The second kappa shape index (κ2) is 13.8. The Labute approximate surface area is 219 Å². The maximum absolute atomic E-state index is 11.6. The van der Waals surface area contributed by atoms with Crippen LogP contribution >= 0.6 is 23.9 Å². The van der Waals surface area contributed by atoms with Gasteiger partial charge in [-0.15, -0.1) is 0 Å². The first-order valence-corrected chi connectivity index (χ1v) is 12.5. The predicted octanol–water partition coefficient (Wildman–Crippen LogP) is 4.89. The molecule has 3 rings (SSSR count). The number of carboxylic acids is 2. The van der Waals surface area contributed by atoms with Crippen LogP contribution in [-0.4, -0.2) is 58.1 Å². The van der Waals surface area contributed by atoms with Gasteiger partial charge >= 0.3 is 11.9 Å². The van der Waals surface area contributed by atoms with Crippen LogP contribution in [0, 0.1) is 0 Å². The van der Waals surface area contributed by atoms with Gasteiger partial charge in [-0.2, -0.15) is 0 Å². The van der Waals surface area contributed by atoms with E-state index in [1.165, 1.54) is 23.9 Å². The van der Waals surface area contributed by atoms with Crippen LogP contribution in [-0.2, 0) is 22.7 Å². The number of hydrogen-bond donors (Lipinski definition) is 2. The Morgan fingerprint density at radius 2 is 1.03 bits per heavy atom. The van der Waals surface area contributed by atoms with Crippen molar-refractivity contribution in [3.8, 4) is 11.5 Å². The fraction of sp³-hybridized carbons (Fsp3) is 0.231. The molecule has 0 amide bonds. The molecule has 0 radical (unpaired) electrons. The molecule has 0 aliphatic carbocycles. The van der Waals surface area contributed by atoms with Gasteiger partial charge in [0.15, 0.2) is 0 Å². The highest BCUT2D eigenvalue weighted by Crippen LogP contribution is 2.30. The molecule has 0 bridgehead atoms. The predicted molar refractivity (Wildman–Crippen MR) is 140 cm³/mol. The molecule has 0 atom stereocenters. The number of ether oxygens (including phenoxy) is 2. The third-order valence-electron chi connectivity index (χ3n) is 5.02. The average molecular weight is 529 g/mol. The topological polar surface area (TPSA) is 99.5 Å². The number of carboxylic acid groups (broad SMARTS) is 2. The van der Waals surface area contributed by atoms with E-state index < -0.39 is 11.9 Å². The van der Waals surface area contributed by atoms with Gasteiger partial charge in [0.05, 0.1) is 14.2 Å². The van der Waals surface area contributed by atoms with Gasteiger partial charge in [0.2, 0.25) is 0 Å². The van der Waals surface area contributed by atoms with Gasteiger partial charge in [-0.25, -0.2) is 8.61 Å². The summed E-state index contributed by atoms with van der Waals surface area (Å²) in [5, 5.41) is 19.0. The maximum atomic E-state index is 11.6. The van der Waals surface area contributed by atoms with Crippen molar-refractivity contribution in [2.75, 3.05) is 27.3 Å². The van der Waals surface area contributed by atoms with E-state index in [0.29, 0.717) is 13.1 Å². The molecule has 0 unspecified atom stereocenters. The van der Waals surface area contributed by atoms with Crippen LogP contribution in [0.5, 0.6) is 11.5 Å². The van der Waals surface area contributed by atoms with Gasteiger partial charge in [0, 0.05) is 22.9 Å². The van der Waals surface area contributed by atoms with Crippen molar-refractivity contribution in [1.82, 2.24) is 8.61 Å². The van der Waals surface area contributed by atoms with Crippen molar-refractivity contribution < 1.29 is 29.3 Å². The summed E-state index contributed by atoms with van der Waals surface area (Å²) in [6.07, 6.45) is 0. The summed E-state index contributed by atoms with van der Waals surface area (Å²) in [6, 6.07) is 22.5. The van der Waals surface area contributed by atoms with E-state index in [9.17, 15) is 19.8 Å². The van der Waals surface area contributed by atoms with Crippen LogP contribution in [0.4, 0.5) is 0 Å². The molecule has 0 heterocycles. The molecule has 3 aromatic carbocycles. The average Bonchev–Trinajstić information content (AvgIpc) is 2.85. The van der Waals surface area contributed by atoms with Gasteiger partial charge < -0.3 is 19.7 Å². The second-order valence-corrected chi connectivity index (χ2v) is 10.0. The lowest BCUT2D eigenvalue weighted by Gasteiger charge is -2.24. The summed E-state index contributed by atoms with van der Waals surface area (Å²) >= 11 is 2.70. The summed E-state index contributed by atoms with van der Waals surface area (Å²) < 4.78 is 13.9. The largest absolute Gasteiger partial charge is 0.497 e. The fourth-order valence-electron chi connectivity index (χ4n) is 3.36. The monoisotopic (exact) mass is 528 g/mol. The van der Waals surface area contributed by atoms with Gasteiger partial charge in [0.1, 0.15) is 24.6 Å². The van der Waals surface area contributed by atoms with Crippen molar-refractivity contribution in [1.29, 1.82) is 0 Å². The van der Waals surface area contributed by atoms with E-state index >= 15 is 0 Å². The maximum Gasteiger partial charge on any atom is 0.318 e. The number of carbonyl (C=O) groups is 2. The molecule has 0 saturated heterocycles. The fourth-order valence-corrected chi connectivity index (χ4v) is 5.23. The van der Waals surface area contributed by atoms with Gasteiger partial charge in [0.25, 0.3) is 0 Å². The Morgan fingerprint density at radius 1 is 0.667 bits per heavy atom. The second-order valence-electron chi connectivity index (χ2n) is 7.69. The first-order valence-electron chi connectivity index (χ1n) is 11.0. The van der Waals surface area contributed by atoms with Crippen molar-refractivity contribution in [3.63, 3.8) is 0 Å². The van der Waals surface area contributed by atoms with E-state index in [-0.39, 0.29) is 13.1 Å². The number of benzene rings is 3. The molecule has 190 valence electrons. The summed E-state index contributed by atoms with van der Waals surface area (Å²) in [7, 11) is 3.19. The Bertz CT molecular complexity index is 1050. The SMILES string of the molecule is COc1ccc(SN(CC(=O)O)Cc2ccccc2CN(CC(=O)O)Sc2ccc(OC)cc2)cc1. The van der Waals surface area contributed by atoms with Crippen molar-refractivity contribution >= 4 is 35.8 Å². The van der Waals surface area contributed by atoms with Crippen LogP contribution in [0.1, 0.15) is 11.1 Å². The Kier molecular flexibility index (Phi) is 10.5. The highest BCUT2D eigenvalue weighted by atomic mass is 32.2. The van der Waals surface area contributed by atoms with Crippen LogP contribution in [0.3, 0.4) is 0 Å². The van der Waals surface area contributed by atoms with Gasteiger partial charge in [-0.1, -0.05) is 24.3 Å². The van der Waals surface area contributed by atoms with E-state index in [1.807, 2.05) is 72.8 Å². The van der Waals surface area contributed by atoms with E-state index in [4.69, 9.17) is 9.47 Å². The molecule has 0 aliphatic heterocycles. The quantitative estimate of drug-likeness (QED) is 0.281. The third-order valence-corrected chi connectivity index (χ3v) is 7.02. The normalized spacial score (nSPS) is 11.0. The van der Waals surface area contributed by atoms with E-state index in [0.717, 1.165) is 32.4 Å². The Morgan fingerprint density at radius 3 is 1.33 bits per heavy atom. The van der Waals surface area contributed by atoms with Crippen LogP contribution < -0.4 is 9.47 Å². The molecule has 0 spiro atoms. The van der Waals surface area contributed by atoms with E-state index in [2.05, 4.69) is 0 Å². The highest BCUT2D eigenvalue weighted by molar-refractivity contribution is 7.97. The molecule has 0 aromatic heterocycles. The molecule has 3 aromatic rings. The third kappa shape index (κ3) is 8.80. The van der Waals surface area contributed by atoms with Gasteiger partial charge in [-0.05, 0) is 83.6 Å². The molecule has 0 saturated carbocycles. The lowest BCUT2D eigenvalue weighted by Crippen LogP contribution is -2.26. The van der Waals surface area contributed by atoms with Crippen molar-refractivity contribution in [3.05, 3.63) is 83.9 Å². The molecule has 36 heavy (non-hydrogen) atoms. The number of methoxy groups -OCH3 is 2. The molecule has 0 fully saturated rings. The number of nitrogens with zero attached hydrogens (tertiary/aromatic N) is 2. The summed E-state index contributed by atoms with van der Waals surface area (Å²) in [5.74, 6) is -0.420. The zero-order valence-corrected chi connectivity index (χ0v) is 21.6. The first kappa shape index (κ1) is 27.4. The van der Waals surface area contributed by atoms with Crippen LogP contribution in [0.2, 0.25) is 0 Å². The first-order chi connectivity index (χ1) is 17.4. The molecular formula is C26H28N2O6S2. The van der Waals surface area contributed by atoms with Crippen molar-refractivity contribution in [2.45, 2.75) is 22.9 Å².